The lowest BCUT2D eigenvalue weighted by atomic mass is 10.1. The number of nitrogens with zero attached hydrogens (tertiary/aromatic N) is 2. The van der Waals surface area contributed by atoms with Crippen molar-refractivity contribution in [2.75, 3.05) is 34.8 Å². The van der Waals surface area contributed by atoms with Gasteiger partial charge in [-0.15, -0.1) is 12.4 Å². The highest BCUT2D eigenvalue weighted by atomic mass is 35.5. The Balaban J connectivity index is 0.00000385. The lowest BCUT2D eigenvalue weighted by Crippen LogP contribution is -2.57. The first-order valence-corrected chi connectivity index (χ1v) is 11.1. The molecule has 0 unspecified atom stereocenters. The molecule has 0 spiro atoms. The van der Waals surface area contributed by atoms with E-state index in [0.717, 1.165) is 5.69 Å². The molecule has 2 N–H and O–H groups in total. The molecule has 0 aliphatic carbocycles. The SMILES string of the molecule is CC(C)CN1C(=O)C(NC(=O)CNc2ccccc2)C(=O)N(CC(C)C)c2ccccc21.Cl. The predicted octanol–water partition coefficient (Wildman–Crippen LogP) is 3.70. The molecule has 0 saturated carbocycles. The van der Waals surface area contributed by atoms with Crippen molar-refractivity contribution >= 4 is 47.2 Å². The summed E-state index contributed by atoms with van der Waals surface area (Å²) in [7, 11) is 0. The van der Waals surface area contributed by atoms with E-state index in [-0.39, 0.29) is 30.8 Å². The van der Waals surface area contributed by atoms with E-state index in [9.17, 15) is 14.4 Å². The van der Waals surface area contributed by atoms with Crippen LogP contribution >= 0.6 is 12.4 Å². The van der Waals surface area contributed by atoms with Gasteiger partial charge >= 0.3 is 0 Å². The lowest BCUT2D eigenvalue weighted by Gasteiger charge is -2.27. The number of hydrogen-bond acceptors (Lipinski definition) is 4. The molecule has 0 bridgehead atoms. The fourth-order valence-corrected chi connectivity index (χ4v) is 3.76. The van der Waals surface area contributed by atoms with Crippen LogP contribution in [0, 0.1) is 11.8 Å². The van der Waals surface area contributed by atoms with Gasteiger partial charge in [-0.3, -0.25) is 14.4 Å². The van der Waals surface area contributed by atoms with Gasteiger partial charge in [0.1, 0.15) is 0 Å². The zero-order valence-corrected chi connectivity index (χ0v) is 20.4. The molecule has 8 heteroatoms. The standard InChI is InChI=1S/C25H32N4O3.ClH/c1-17(2)15-28-20-12-8-9-13-21(20)29(16-18(3)4)25(32)23(24(28)31)27-22(30)14-26-19-10-6-5-7-11-19;/h5-13,17-18,23,26H,14-16H2,1-4H3,(H,27,30);1H. The van der Waals surface area contributed by atoms with Gasteiger partial charge < -0.3 is 20.4 Å². The monoisotopic (exact) mass is 472 g/mol. The van der Waals surface area contributed by atoms with E-state index in [4.69, 9.17) is 0 Å². The summed E-state index contributed by atoms with van der Waals surface area (Å²) in [6.07, 6.45) is 0. The van der Waals surface area contributed by atoms with E-state index in [2.05, 4.69) is 10.6 Å². The fourth-order valence-electron chi connectivity index (χ4n) is 3.76. The number of anilines is 3. The highest BCUT2D eigenvalue weighted by molar-refractivity contribution is 6.21. The molecule has 0 atom stereocenters. The molecule has 1 heterocycles. The van der Waals surface area contributed by atoms with E-state index in [0.29, 0.717) is 24.5 Å². The van der Waals surface area contributed by atoms with Gasteiger partial charge in [0.15, 0.2) is 6.04 Å². The van der Waals surface area contributed by atoms with Crippen LogP contribution in [0.1, 0.15) is 27.7 Å². The number of benzene rings is 2. The van der Waals surface area contributed by atoms with Gasteiger partial charge in [-0.2, -0.15) is 0 Å². The third-order valence-electron chi connectivity index (χ3n) is 5.12. The Kier molecular flexibility index (Phi) is 9.29. The molecule has 178 valence electrons. The molecule has 0 saturated heterocycles. The van der Waals surface area contributed by atoms with Crippen LogP contribution in [0.4, 0.5) is 17.1 Å². The van der Waals surface area contributed by atoms with Crippen molar-refractivity contribution in [2.24, 2.45) is 11.8 Å². The first-order valence-electron chi connectivity index (χ1n) is 11.1. The fraction of sp³-hybridized carbons (Fsp3) is 0.400. The molecule has 0 fully saturated rings. The molecule has 2 aromatic rings. The van der Waals surface area contributed by atoms with E-state index in [1.165, 1.54) is 0 Å². The number of rotatable bonds is 8. The molecule has 33 heavy (non-hydrogen) atoms. The minimum Gasteiger partial charge on any atom is -0.376 e. The Bertz CT molecular complexity index is 916. The van der Waals surface area contributed by atoms with Gasteiger partial charge in [-0.05, 0) is 36.1 Å². The first-order chi connectivity index (χ1) is 15.3. The first kappa shape index (κ1) is 26.2. The summed E-state index contributed by atoms with van der Waals surface area (Å²) in [4.78, 5) is 43.0. The number of hydrogen-bond donors (Lipinski definition) is 2. The zero-order valence-electron chi connectivity index (χ0n) is 19.6. The number of nitrogens with one attached hydrogen (secondary N) is 2. The van der Waals surface area contributed by atoms with E-state index in [1.807, 2.05) is 82.3 Å². The zero-order chi connectivity index (χ0) is 23.3. The van der Waals surface area contributed by atoms with Crippen molar-refractivity contribution < 1.29 is 14.4 Å². The Morgan fingerprint density at radius 2 is 1.27 bits per heavy atom. The molecule has 1 aliphatic heterocycles. The summed E-state index contributed by atoms with van der Waals surface area (Å²) in [5.41, 5.74) is 2.18. The lowest BCUT2D eigenvalue weighted by molar-refractivity contribution is -0.133. The summed E-state index contributed by atoms with van der Waals surface area (Å²) in [5, 5.41) is 5.71. The van der Waals surface area contributed by atoms with Crippen LogP contribution in [0.25, 0.3) is 0 Å². The highest BCUT2D eigenvalue weighted by Gasteiger charge is 2.41. The summed E-state index contributed by atoms with van der Waals surface area (Å²) in [5.74, 6) is -0.851. The molecule has 3 amide bonds. The Hall–Kier alpha value is -3.06. The van der Waals surface area contributed by atoms with Gasteiger partial charge in [0.05, 0.1) is 17.9 Å². The molecule has 2 aromatic carbocycles. The molecular weight excluding hydrogens is 440 g/mol. The number of halogens is 1. The van der Waals surface area contributed by atoms with Crippen LogP contribution in [0.2, 0.25) is 0 Å². The van der Waals surface area contributed by atoms with Crippen LogP contribution in [0.3, 0.4) is 0 Å². The summed E-state index contributed by atoms with van der Waals surface area (Å²) in [6, 6.07) is 15.5. The second-order valence-electron chi connectivity index (χ2n) is 8.89. The second-order valence-corrected chi connectivity index (χ2v) is 8.89. The maximum atomic E-state index is 13.5. The van der Waals surface area contributed by atoms with Crippen LogP contribution in [-0.2, 0) is 14.4 Å². The van der Waals surface area contributed by atoms with E-state index < -0.39 is 23.8 Å². The third-order valence-corrected chi connectivity index (χ3v) is 5.12. The maximum absolute atomic E-state index is 13.5. The number of carbonyl (C=O) groups excluding carboxylic acids is 3. The number of fused-ring (bicyclic) bond motifs is 1. The van der Waals surface area contributed by atoms with Crippen molar-refractivity contribution in [3.63, 3.8) is 0 Å². The second kappa shape index (κ2) is 11.7. The third kappa shape index (κ3) is 6.48. The molecule has 0 radical (unpaired) electrons. The highest BCUT2D eigenvalue weighted by Crippen LogP contribution is 2.34. The van der Waals surface area contributed by atoms with Crippen LogP contribution in [0.5, 0.6) is 0 Å². The summed E-state index contributed by atoms with van der Waals surface area (Å²) < 4.78 is 0. The average molecular weight is 473 g/mol. The Labute approximate surface area is 201 Å². The minimum absolute atomic E-state index is 0. The van der Waals surface area contributed by atoms with Crippen LogP contribution in [-0.4, -0.2) is 43.4 Å². The number of carbonyl (C=O) groups is 3. The molecule has 1 aliphatic rings. The van der Waals surface area contributed by atoms with Gasteiger partial charge in [0.2, 0.25) is 5.91 Å². The van der Waals surface area contributed by atoms with Gasteiger partial charge in [-0.1, -0.05) is 58.0 Å². The Morgan fingerprint density at radius 1 is 0.818 bits per heavy atom. The van der Waals surface area contributed by atoms with Crippen molar-refractivity contribution in [3.8, 4) is 0 Å². The maximum Gasteiger partial charge on any atom is 0.259 e. The normalized spacial score (nSPS) is 14.1. The molecule has 7 nitrogen and oxygen atoms in total. The number of para-hydroxylation sites is 3. The molecule has 3 rings (SSSR count). The molecule has 0 aromatic heterocycles. The van der Waals surface area contributed by atoms with E-state index >= 15 is 0 Å². The summed E-state index contributed by atoms with van der Waals surface area (Å²) in [6.45, 7) is 8.94. The minimum atomic E-state index is -1.27. The van der Waals surface area contributed by atoms with Crippen LogP contribution < -0.4 is 20.4 Å². The van der Waals surface area contributed by atoms with Gasteiger partial charge in [-0.25, -0.2) is 0 Å². The van der Waals surface area contributed by atoms with Gasteiger partial charge in [0, 0.05) is 18.8 Å². The topological polar surface area (TPSA) is 81.8 Å². The van der Waals surface area contributed by atoms with Crippen molar-refractivity contribution in [2.45, 2.75) is 33.7 Å². The summed E-state index contributed by atoms with van der Waals surface area (Å²) >= 11 is 0. The van der Waals surface area contributed by atoms with Crippen molar-refractivity contribution in [3.05, 3.63) is 54.6 Å². The quantitative estimate of drug-likeness (QED) is 0.574. The smallest absolute Gasteiger partial charge is 0.259 e. The predicted molar refractivity (Wildman–Crippen MR) is 135 cm³/mol. The largest absolute Gasteiger partial charge is 0.376 e. The van der Waals surface area contributed by atoms with Gasteiger partial charge in [0.25, 0.3) is 11.8 Å². The average Bonchev–Trinajstić information content (AvgIpc) is 2.84. The molecular formula is C25H33ClN4O3. The van der Waals surface area contributed by atoms with E-state index in [1.54, 1.807) is 9.80 Å². The van der Waals surface area contributed by atoms with Crippen LogP contribution in [0.15, 0.2) is 54.6 Å². The van der Waals surface area contributed by atoms with Crippen molar-refractivity contribution in [1.82, 2.24) is 5.32 Å². The van der Waals surface area contributed by atoms with Crippen molar-refractivity contribution in [1.29, 1.82) is 0 Å². The Morgan fingerprint density at radius 3 is 1.73 bits per heavy atom. The number of amides is 3.